The number of rotatable bonds is 6. The second-order valence-electron chi connectivity index (χ2n) is 6.88. The second-order valence-corrected chi connectivity index (χ2v) is 6.88. The molecule has 1 fully saturated rings. The van der Waals surface area contributed by atoms with Crippen LogP contribution < -0.4 is 0 Å². The van der Waals surface area contributed by atoms with Crippen LogP contribution in [0.15, 0.2) is 35.9 Å². The van der Waals surface area contributed by atoms with Crippen molar-refractivity contribution >= 4 is 5.97 Å². The lowest BCUT2D eigenvalue weighted by Gasteiger charge is -2.10. The average Bonchev–Trinajstić information content (AvgIpc) is 2.98. The minimum Gasteiger partial charge on any atom is -0.461 e. The number of hydrogen-bond donors (Lipinski definition) is 0. The van der Waals surface area contributed by atoms with Gasteiger partial charge in [0.1, 0.15) is 6.61 Å². The molecule has 2 unspecified atom stereocenters. The van der Waals surface area contributed by atoms with E-state index in [-0.39, 0.29) is 17.3 Å². The largest absolute Gasteiger partial charge is 0.461 e. The molecule has 2 atom stereocenters. The lowest BCUT2D eigenvalue weighted by molar-refractivity contribution is -0.147. The Morgan fingerprint density at radius 3 is 2.32 bits per heavy atom. The molecule has 3 nitrogen and oxygen atoms in total. The Bertz CT molecular complexity index is 568. The van der Waals surface area contributed by atoms with E-state index >= 15 is 0 Å². The monoisotopic (exact) mass is 302 g/mol. The number of benzene rings is 1. The first-order valence-corrected chi connectivity index (χ1v) is 7.75. The van der Waals surface area contributed by atoms with Gasteiger partial charge in [0.2, 0.25) is 0 Å². The summed E-state index contributed by atoms with van der Waals surface area (Å²) in [5.41, 5.74) is 3.32. The fourth-order valence-electron chi connectivity index (χ4n) is 3.03. The zero-order chi connectivity index (χ0) is 16.3. The standard InChI is InChI=1S/C19H26O3/c1-13(2)10-16-17(19(16,3)4)18(20)22-12-15-9-7-6-8-14(15)11-21-5/h6-10,16-17H,11-12H2,1-5H3. The van der Waals surface area contributed by atoms with Crippen molar-refractivity contribution in [2.75, 3.05) is 7.11 Å². The second kappa shape index (κ2) is 6.66. The van der Waals surface area contributed by atoms with Gasteiger partial charge in [-0.2, -0.15) is 0 Å². The molecule has 0 aliphatic heterocycles. The van der Waals surface area contributed by atoms with Crippen LogP contribution in [0.4, 0.5) is 0 Å². The van der Waals surface area contributed by atoms with E-state index < -0.39 is 0 Å². The molecule has 1 aromatic rings. The molecule has 2 rings (SSSR count). The van der Waals surface area contributed by atoms with Gasteiger partial charge >= 0.3 is 5.97 Å². The first-order valence-electron chi connectivity index (χ1n) is 7.75. The van der Waals surface area contributed by atoms with Gasteiger partial charge in [0.05, 0.1) is 12.5 Å². The summed E-state index contributed by atoms with van der Waals surface area (Å²) in [5, 5.41) is 0. The van der Waals surface area contributed by atoms with Crippen molar-refractivity contribution in [3.63, 3.8) is 0 Å². The quantitative estimate of drug-likeness (QED) is 0.586. The predicted molar refractivity (Wildman–Crippen MR) is 87.1 cm³/mol. The number of esters is 1. The number of hydrogen-bond acceptors (Lipinski definition) is 3. The highest BCUT2D eigenvalue weighted by Gasteiger charge is 2.61. The van der Waals surface area contributed by atoms with E-state index in [2.05, 4.69) is 33.8 Å². The van der Waals surface area contributed by atoms with Crippen LogP contribution in [-0.2, 0) is 27.5 Å². The number of methoxy groups -OCH3 is 1. The van der Waals surface area contributed by atoms with Crippen LogP contribution in [-0.4, -0.2) is 13.1 Å². The maximum Gasteiger partial charge on any atom is 0.310 e. The Balaban J connectivity index is 1.98. The minimum absolute atomic E-state index is 0.000398. The fraction of sp³-hybridized carbons (Fsp3) is 0.526. The lowest BCUT2D eigenvalue weighted by Crippen LogP contribution is -2.11. The summed E-state index contributed by atoms with van der Waals surface area (Å²) in [6.45, 7) is 9.23. The van der Waals surface area contributed by atoms with Crippen LogP contribution in [0.5, 0.6) is 0 Å². The lowest BCUT2D eigenvalue weighted by atomic mass is 10.1. The minimum atomic E-state index is -0.0975. The summed E-state index contributed by atoms with van der Waals surface area (Å²) >= 11 is 0. The molecule has 120 valence electrons. The van der Waals surface area contributed by atoms with Crippen molar-refractivity contribution in [3.05, 3.63) is 47.0 Å². The van der Waals surface area contributed by atoms with Crippen LogP contribution in [0, 0.1) is 17.3 Å². The molecular formula is C19H26O3. The van der Waals surface area contributed by atoms with Gasteiger partial charge in [-0.3, -0.25) is 4.79 Å². The smallest absolute Gasteiger partial charge is 0.310 e. The van der Waals surface area contributed by atoms with E-state index in [1.165, 1.54) is 5.57 Å². The normalized spacial score (nSPS) is 22.0. The number of carbonyl (C=O) groups is 1. The zero-order valence-electron chi connectivity index (χ0n) is 14.2. The molecule has 0 spiro atoms. The Morgan fingerprint density at radius 1 is 1.18 bits per heavy atom. The molecule has 0 saturated heterocycles. The van der Waals surface area contributed by atoms with E-state index in [0.717, 1.165) is 11.1 Å². The van der Waals surface area contributed by atoms with E-state index in [1.807, 2.05) is 24.3 Å². The fourth-order valence-corrected chi connectivity index (χ4v) is 3.03. The van der Waals surface area contributed by atoms with E-state index in [1.54, 1.807) is 7.11 Å². The van der Waals surface area contributed by atoms with Crippen LogP contribution in [0.3, 0.4) is 0 Å². The van der Waals surface area contributed by atoms with Crippen molar-refractivity contribution in [1.82, 2.24) is 0 Å². The average molecular weight is 302 g/mol. The molecule has 0 radical (unpaired) electrons. The van der Waals surface area contributed by atoms with Gasteiger partial charge in [-0.25, -0.2) is 0 Å². The van der Waals surface area contributed by atoms with Crippen LogP contribution >= 0.6 is 0 Å². The van der Waals surface area contributed by atoms with Crippen molar-refractivity contribution in [1.29, 1.82) is 0 Å². The zero-order valence-corrected chi connectivity index (χ0v) is 14.2. The third kappa shape index (κ3) is 3.58. The van der Waals surface area contributed by atoms with E-state index in [0.29, 0.717) is 19.1 Å². The van der Waals surface area contributed by atoms with Crippen molar-refractivity contribution in [3.8, 4) is 0 Å². The molecule has 1 aliphatic carbocycles. The predicted octanol–water partition coefficient (Wildman–Crippen LogP) is 4.11. The van der Waals surface area contributed by atoms with Crippen molar-refractivity contribution in [2.45, 2.75) is 40.9 Å². The third-order valence-corrected chi connectivity index (χ3v) is 4.47. The molecule has 1 aliphatic rings. The molecule has 22 heavy (non-hydrogen) atoms. The molecule has 1 saturated carbocycles. The molecular weight excluding hydrogens is 276 g/mol. The van der Waals surface area contributed by atoms with Gasteiger partial charge < -0.3 is 9.47 Å². The molecule has 0 heterocycles. The Labute approximate surface area is 133 Å². The Hall–Kier alpha value is -1.61. The van der Waals surface area contributed by atoms with Crippen LogP contribution in [0.1, 0.15) is 38.8 Å². The first-order chi connectivity index (χ1) is 10.4. The summed E-state index contributed by atoms with van der Waals surface area (Å²) in [7, 11) is 1.67. The topological polar surface area (TPSA) is 35.5 Å². The summed E-state index contributed by atoms with van der Waals surface area (Å²) in [6, 6.07) is 7.90. The summed E-state index contributed by atoms with van der Waals surface area (Å²) in [4.78, 5) is 12.4. The van der Waals surface area contributed by atoms with E-state index in [9.17, 15) is 4.79 Å². The van der Waals surface area contributed by atoms with Crippen LogP contribution in [0.25, 0.3) is 0 Å². The maximum atomic E-state index is 12.4. The summed E-state index contributed by atoms with van der Waals surface area (Å²) in [5.74, 6) is 0.163. The number of allylic oxidation sites excluding steroid dienone is 2. The molecule has 0 amide bonds. The van der Waals surface area contributed by atoms with E-state index in [4.69, 9.17) is 9.47 Å². The SMILES string of the molecule is COCc1ccccc1COC(=O)C1C(C=C(C)C)C1(C)C. The molecule has 1 aromatic carbocycles. The highest BCUT2D eigenvalue weighted by atomic mass is 16.5. The molecule has 0 aromatic heterocycles. The number of carbonyl (C=O) groups excluding carboxylic acids is 1. The number of ether oxygens (including phenoxy) is 2. The van der Waals surface area contributed by atoms with Gasteiger partial charge in [0.25, 0.3) is 0 Å². The maximum absolute atomic E-state index is 12.4. The Kier molecular flexibility index (Phi) is 5.07. The van der Waals surface area contributed by atoms with Gasteiger partial charge in [-0.05, 0) is 36.3 Å². The Morgan fingerprint density at radius 2 is 1.77 bits per heavy atom. The molecule has 0 bridgehead atoms. The van der Waals surface area contributed by atoms with Gasteiger partial charge in [-0.1, -0.05) is 49.8 Å². The highest BCUT2D eigenvalue weighted by molar-refractivity contribution is 5.78. The van der Waals surface area contributed by atoms with Gasteiger partial charge in [-0.15, -0.1) is 0 Å². The molecule has 3 heteroatoms. The van der Waals surface area contributed by atoms with Gasteiger partial charge in [0, 0.05) is 7.11 Å². The third-order valence-electron chi connectivity index (χ3n) is 4.47. The molecule has 0 N–H and O–H groups in total. The van der Waals surface area contributed by atoms with Crippen molar-refractivity contribution < 1.29 is 14.3 Å². The first kappa shape index (κ1) is 16.8. The highest BCUT2D eigenvalue weighted by Crippen LogP contribution is 2.59. The summed E-state index contributed by atoms with van der Waals surface area (Å²) in [6.07, 6.45) is 2.19. The van der Waals surface area contributed by atoms with Crippen molar-refractivity contribution in [2.24, 2.45) is 17.3 Å². The van der Waals surface area contributed by atoms with Crippen LogP contribution in [0.2, 0.25) is 0 Å². The summed E-state index contributed by atoms with van der Waals surface area (Å²) < 4.78 is 10.7. The van der Waals surface area contributed by atoms with Gasteiger partial charge in [0.15, 0.2) is 0 Å².